The predicted molar refractivity (Wildman–Crippen MR) is 152 cm³/mol. The van der Waals surface area contributed by atoms with Crippen LogP contribution in [0.15, 0.2) is 54.6 Å². The highest BCUT2D eigenvalue weighted by molar-refractivity contribution is 5.87. The minimum atomic E-state index is -4.95. The molecule has 1 aliphatic heterocycles. The maximum Gasteiger partial charge on any atom is 0.458 e. The molecule has 0 saturated carbocycles. The van der Waals surface area contributed by atoms with Gasteiger partial charge in [0.1, 0.15) is 11.6 Å². The van der Waals surface area contributed by atoms with Crippen LogP contribution < -0.4 is 0 Å². The lowest BCUT2D eigenvalue weighted by Crippen LogP contribution is -2.20. The molecule has 2 unspecified atom stereocenters. The second kappa shape index (κ2) is 12.5. The highest BCUT2D eigenvalue weighted by atomic mass is 19.4. The summed E-state index contributed by atoms with van der Waals surface area (Å²) >= 11 is 0. The number of ether oxygens (including phenoxy) is 1. The van der Waals surface area contributed by atoms with E-state index in [1.165, 1.54) is 44.1 Å². The van der Waals surface area contributed by atoms with E-state index in [9.17, 15) is 26.3 Å². The van der Waals surface area contributed by atoms with E-state index in [0.29, 0.717) is 11.5 Å². The molecule has 5 rings (SSSR count). The molecule has 1 saturated heterocycles. The number of fused-ring (bicyclic) bond motifs is 2. The van der Waals surface area contributed by atoms with Gasteiger partial charge >= 0.3 is 6.18 Å². The Bertz CT molecular complexity index is 1740. The highest BCUT2D eigenvalue weighted by Gasteiger charge is 2.25. The van der Waals surface area contributed by atoms with Crippen LogP contribution >= 0.6 is 0 Å². The fourth-order valence-corrected chi connectivity index (χ4v) is 5.40. The second-order valence-corrected chi connectivity index (χ2v) is 10.7. The number of halogens is 6. The SMILES string of the molecule is CCCCCC1CCC(c2ccc3cc(C#Cc4cc(F)c5c(F)c(C#CC(F)(F)F)c(F)cc5c4)ccc3c2)OC1. The van der Waals surface area contributed by atoms with Gasteiger partial charge in [0.25, 0.3) is 0 Å². The van der Waals surface area contributed by atoms with Crippen LogP contribution in [0.2, 0.25) is 0 Å². The Morgan fingerprint density at radius 1 is 0.786 bits per heavy atom. The number of alkyl halides is 3. The van der Waals surface area contributed by atoms with Crippen molar-refractivity contribution in [2.45, 2.75) is 57.7 Å². The number of hydrogen-bond donors (Lipinski definition) is 0. The third kappa shape index (κ3) is 6.92. The smallest absolute Gasteiger partial charge is 0.373 e. The molecule has 216 valence electrons. The summed E-state index contributed by atoms with van der Waals surface area (Å²) in [5.41, 5.74) is 0.825. The van der Waals surface area contributed by atoms with Crippen LogP contribution in [-0.4, -0.2) is 12.8 Å². The summed E-state index contributed by atoms with van der Waals surface area (Å²) in [7, 11) is 0. The van der Waals surface area contributed by atoms with Crippen molar-refractivity contribution >= 4 is 21.5 Å². The van der Waals surface area contributed by atoms with E-state index >= 15 is 0 Å². The first-order valence-electron chi connectivity index (χ1n) is 14.0. The normalized spacial score (nSPS) is 17.0. The Hall–Kier alpha value is -3.94. The lowest BCUT2D eigenvalue weighted by Gasteiger charge is -2.29. The molecule has 4 aromatic rings. The molecule has 1 nitrogen and oxygen atoms in total. The Morgan fingerprint density at radius 3 is 2.26 bits per heavy atom. The topological polar surface area (TPSA) is 9.23 Å². The molecule has 42 heavy (non-hydrogen) atoms. The van der Waals surface area contributed by atoms with Crippen molar-refractivity contribution in [2.75, 3.05) is 6.61 Å². The van der Waals surface area contributed by atoms with Crippen LogP contribution in [0, 0.1) is 47.1 Å². The van der Waals surface area contributed by atoms with Crippen molar-refractivity contribution in [2.24, 2.45) is 5.92 Å². The second-order valence-electron chi connectivity index (χ2n) is 10.7. The monoisotopic (exact) mass is 578 g/mol. The van der Waals surface area contributed by atoms with Crippen molar-refractivity contribution in [3.63, 3.8) is 0 Å². The molecule has 2 atom stereocenters. The van der Waals surface area contributed by atoms with E-state index in [1.54, 1.807) is 0 Å². The van der Waals surface area contributed by atoms with Crippen LogP contribution in [0.1, 0.15) is 73.8 Å². The van der Waals surface area contributed by atoms with Crippen molar-refractivity contribution < 1.29 is 31.1 Å². The molecule has 0 amide bonds. The van der Waals surface area contributed by atoms with Crippen LogP contribution in [-0.2, 0) is 4.74 Å². The average molecular weight is 579 g/mol. The summed E-state index contributed by atoms with van der Waals surface area (Å²) in [6.07, 6.45) is 2.29. The molecular weight excluding hydrogens is 550 g/mol. The summed E-state index contributed by atoms with van der Waals surface area (Å²) < 4.78 is 87.3. The zero-order chi connectivity index (χ0) is 29.9. The van der Waals surface area contributed by atoms with Crippen molar-refractivity contribution in [3.8, 4) is 23.7 Å². The highest BCUT2D eigenvalue weighted by Crippen LogP contribution is 2.34. The van der Waals surface area contributed by atoms with E-state index in [2.05, 4.69) is 30.9 Å². The van der Waals surface area contributed by atoms with Gasteiger partial charge in [-0.05, 0) is 83.3 Å². The van der Waals surface area contributed by atoms with Crippen LogP contribution in [0.4, 0.5) is 26.3 Å². The van der Waals surface area contributed by atoms with Gasteiger partial charge in [0.05, 0.1) is 23.7 Å². The molecule has 0 bridgehead atoms. The van der Waals surface area contributed by atoms with Crippen molar-refractivity contribution in [3.05, 3.63) is 94.3 Å². The molecule has 0 spiro atoms. The summed E-state index contributed by atoms with van der Waals surface area (Å²) in [5.74, 6) is 4.75. The lowest BCUT2D eigenvalue weighted by atomic mass is 9.90. The molecule has 4 aromatic carbocycles. The van der Waals surface area contributed by atoms with Gasteiger partial charge in [-0.2, -0.15) is 13.2 Å². The van der Waals surface area contributed by atoms with E-state index in [4.69, 9.17) is 4.74 Å². The standard InChI is InChI=1S/C35H28F6O/c1-2-3-4-5-23-9-13-32(42-21-23)27-12-11-25-16-22(8-10-26(25)19-27)6-7-24-17-28-20-30(36)29(14-15-35(39,40)41)34(38)33(28)31(37)18-24/h8,10-12,16-20,23,32H,2-5,9,13,21H2,1H3. The Balaban J connectivity index is 1.34. The summed E-state index contributed by atoms with van der Waals surface area (Å²) in [6, 6.07) is 14.9. The van der Waals surface area contributed by atoms with Gasteiger partial charge in [-0.15, -0.1) is 0 Å². The first-order chi connectivity index (χ1) is 20.1. The number of unbranched alkanes of at least 4 members (excludes halogenated alkanes) is 2. The minimum absolute atomic E-state index is 0.0847. The van der Waals surface area contributed by atoms with Crippen molar-refractivity contribution in [1.29, 1.82) is 0 Å². The summed E-state index contributed by atoms with van der Waals surface area (Å²) in [5, 5.41) is 1.19. The zero-order valence-electron chi connectivity index (χ0n) is 23.0. The molecular formula is C35H28F6O. The molecule has 0 radical (unpaired) electrons. The Labute approximate surface area is 240 Å². The Kier molecular flexibility index (Phi) is 8.80. The lowest BCUT2D eigenvalue weighted by molar-refractivity contribution is -0.0696. The van der Waals surface area contributed by atoms with Crippen molar-refractivity contribution in [1.82, 2.24) is 0 Å². The van der Waals surface area contributed by atoms with Crippen LogP contribution in [0.25, 0.3) is 21.5 Å². The molecule has 0 aliphatic carbocycles. The van der Waals surface area contributed by atoms with E-state index in [-0.39, 0.29) is 17.1 Å². The van der Waals surface area contributed by atoms with Crippen LogP contribution in [0.5, 0.6) is 0 Å². The predicted octanol–water partition coefficient (Wildman–Crippen LogP) is 9.77. The molecule has 1 heterocycles. The Morgan fingerprint density at radius 2 is 1.52 bits per heavy atom. The largest absolute Gasteiger partial charge is 0.458 e. The first-order valence-corrected chi connectivity index (χ1v) is 14.0. The third-order valence-electron chi connectivity index (χ3n) is 7.58. The fourth-order valence-electron chi connectivity index (χ4n) is 5.40. The van der Waals surface area contributed by atoms with E-state index in [1.807, 2.05) is 24.3 Å². The fraction of sp³-hybridized carbons (Fsp3) is 0.314. The summed E-state index contributed by atoms with van der Waals surface area (Å²) in [6.45, 7) is 3.01. The first kappa shape index (κ1) is 29.5. The van der Waals surface area contributed by atoms with Gasteiger partial charge in [-0.25, -0.2) is 13.2 Å². The van der Waals surface area contributed by atoms with E-state index < -0.39 is 34.6 Å². The number of benzene rings is 4. The zero-order valence-corrected chi connectivity index (χ0v) is 23.0. The van der Waals surface area contributed by atoms with Gasteiger partial charge in [0.2, 0.25) is 0 Å². The minimum Gasteiger partial charge on any atom is -0.373 e. The maximum atomic E-state index is 14.8. The molecule has 7 heteroatoms. The molecule has 1 aliphatic rings. The van der Waals surface area contributed by atoms with E-state index in [0.717, 1.165) is 47.4 Å². The molecule has 1 fully saturated rings. The average Bonchev–Trinajstić information content (AvgIpc) is 2.95. The van der Waals surface area contributed by atoms with Crippen LogP contribution in [0.3, 0.4) is 0 Å². The molecule has 0 N–H and O–H groups in total. The van der Waals surface area contributed by atoms with Gasteiger partial charge in [-0.3, -0.25) is 0 Å². The molecule has 0 aromatic heterocycles. The van der Waals surface area contributed by atoms with Gasteiger partial charge in [-0.1, -0.05) is 62.1 Å². The van der Waals surface area contributed by atoms with Gasteiger partial charge < -0.3 is 4.74 Å². The maximum absolute atomic E-state index is 14.8. The van der Waals surface area contributed by atoms with Gasteiger partial charge in [0.15, 0.2) is 5.82 Å². The summed E-state index contributed by atoms with van der Waals surface area (Å²) in [4.78, 5) is 0. The number of hydrogen-bond acceptors (Lipinski definition) is 1. The quantitative estimate of drug-likeness (QED) is 0.130. The number of rotatable bonds is 5. The van der Waals surface area contributed by atoms with Gasteiger partial charge in [0, 0.05) is 17.0 Å². The third-order valence-corrected chi connectivity index (χ3v) is 7.58.